The zero-order chi connectivity index (χ0) is 16.1. The van der Waals surface area contributed by atoms with Crippen molar-refractivity contribution in [3.8, 4) is 0 Å². The number of fused-ring (bicyclic) bond motifs is 2. The van der Waals surface area contributed by atoms with E-state index in [0.29, 0.717) is 9.79 Å². The van der Waals surface area contributed by atoms with Crippen molar-refractivity contribution in [1.29, 1.82) is 0 Å². The summed E-state index contributed by atoms with van der Waals surface area (Å²) in [5, 5.41) is 0. The summed E-state index contributed by atoms with van der Waals surface area (Å²) >= 11 is 0. The Kier molecular flexibility index (Phi) is 3.15. The van der Waals surface area contributed by atoms with E-state index in [1.807, 2.05) is 42.5 Å². The molecule has 23 heavy (non-hydrogen) atoms. The van der Waals surface area contributed by atoms with Crippen LogP contribution in [0.2, 0.25) is 0 Å². The van der Waals surface area contributed by atoms with Crippen LogP contribution in [0.1, 0.15) is 0 Å². The number of hydrogen-bond donors (Lipinski definition) is 0. The van der Waals surface area contributed by atoms with Crippen LogP contribution in [-0.4, -0.2) is 14.7 Å². The van der Waals surface area contributed by atoms with E-state index in [1.54, 1.807) is 24.3 Å². The van der Waals surface area contributed by atoms with Gasteiger partial charge < -0.3 is 0 Å². The SMILES string of the molecule is CS1(c2ccccc2)c2ccccc2S(=O)(=O)c2ccccc21. The summed E-state index contributed by atoms with van der Waals surface area (Å²) in [5.74, 6) is 0. The molecule has 0 bridgehead atoms. The van der Waals surface area contributed by atoms with Gasteiger partial charge in [-0.3, -0.25) is 0 Å². The van der Waals surface area contributed by atoms with Crippen molar-refractivity contribution in [2.45, 2.75) is 24.5 Å². The lowest BCUT2D eigenvalue weighted by atomic mass is 10.3. The highest BCUT2D eigenvalue weighted by Crippen LogP contribution is 2.70. The summed E-state index contributed by atoms with van der Waals surface area (Å²) < 4.78 is 26.1. The van der Waals surface area contributed by atoms with Crippen molar-refractivity contribution in [1.82, 2.24) is 0 Å². The lowest BCUT2D eigenvalue weighted by Crippen LogP contribution is -2.17. The topological polar surface area (TPSA) is 34.1 Å². The fraction of sp³-hybridized carbons (Fsp3) is 0.0526. The molecule has 116 valence electrons. The van der Waals surface area contributed by atoms with Crippen LogP contribution in [-0.2, 0) is 9.84 Å². The third-order valence-electron chi connectivity index (χ3n) is 4.37. The van der Waals surface area contributed by atoms with Crippen LogP contribution < -0.4 is 0 Å². The van der Waals surface area contributed by atoms with Crippen LogP contribution in [0, 0.1) is 0 Å². The first-order valence-electron chi connectivity index (χ1n) is 7.33. The van der Waals surface area contributed by atoms with Crippen LogP contribution in [0.25, 0.3) is 0 Å². The molecule has 0 saturated carbocycles. The van der Waals surface area contributed by atoms with Gasteiger partial charge in [-0.2, -0.15) is 10.0 Å². The minimum atomic E-state index is -3.46. The van der Waals surface area contributed by atoms with E-state index >= 15 is 0 Å². The maximum atomic E-state index is 13.0. The highest BCUT2D eigenvalue weighted by Gasteiger charge is 2.40. The molecule has 2 nitrogen and oxygen atoms in total. The second-order valence-corrected chi connectivity index (χ2v) is 10.7. The molecule has 0 aliphatic carbocycles. The van der Waals surface area contributed by atoms with Gasteiger partial charge in [-0.1, -0.05) is 42.5 Å². The standard InChI is InChI=1S/C19H16O2S2/c1-22(15-9-3-2-4-10-15)16-11-5-7-13-18(16)23(20,21)19-14-8-6-12-17(19)22/h2-14H,1H3. The fourth-order valence-electron chi connectivity index (χ4n) is 3.20. The molecular weight excluding hydrogens is 324 g/mol. The Labute approximate surface area is 138 Å². The molecule has 3 aromatic carbocycles. The molecular formula is C19H16O2S2. The average molecular weight is 340 g/mol. The van der Waals surface area contributed by atoms with Gasteiger partial charge in [-0.15, -0.1) is 0 Å². The molecule has 0 atom stereocenters. The van der Waals surface area contributed by atoms with E-state index < -0.39 is 19.9 Å². The molecule has 1 heterocycles. The third-order valence-corrected chi connectivity index (χ3v) is 10.2. The van der Waals surface area contributed by atoms with Gasteiger partial charge in [0.15, 0.2) is 0 Å². The molecule has 0 radical (unpaired) electrons. The van der Waals surface area contributed by atoms with Crippen LogP contribution in [0.4, 0.5) is 0 Å². The van der Waals surface area contributed by atoms with Crippen LogP contribution in [0.15, 0.2) is 103 Å². The zero-order valence-corrected chi connectivity index (χ0v) is 14.3. The van der Waals surface area contributed by atoms with E-state index in [0.717, 1.165) is 9.79 Å². The molecule has 0 fully saturated rings. The summed E-state index contributed by atoms with van der Waals surface area (Å²) in [6.07, 6.45) is 2.19. The summed E-state index contributed by atoms with van der Waals surface area (Å²) in [7, 11) is -5.05. The third kappa shape index (κ3) is 1.92. The molecule has 4 heteroatoms. The van der Waals surface area contributed by atoms with Crippen LogP contribution >= 0.6 is 10.0 Å². The average Bonchev–Trinajstić information content (AvgIpc) is 2.61. The predicted octanol–water partition coefficient (Wildman–Crippen LogP) is 4.74. The van der Waals surface area contributed by atoms with Gasteiger partial charge in [-0.25, -0.2) is 8.42 Å². The Morgan fingerprint density at radius 1 is 0.565 bits per heavy atom. The molecule has 1 aliphatic heterocycles. The molecule has 3 aromatic rings. The molecule has 0 aromatic heterocycles. The second-order valence-electron chi connectivity index (χ2n) is 5.63. The lowest BCUT2D eigenvalue weighted by molar-refractivity contribution is 0.590. The Morgan fingerprint density at radius 3 is 1.43 bits per heavy atom. The van der Waals surface area contributed by atoms with Crippen LogP contribution in [0.3, 0.4) is 0 Å². The van der Waals surface area contributed by atoms with Gasteiger partial charge in [0.1, 0.15) is 0 Å². The maximum absolute atomic E-state index is 13.0. The van der Waals surface area contributed by atoms with Gasteiger partial charge in [0.25, 0.3) is 0 Å². The van der Waals surface area contributed by atoms with Gasteiger partial charge in [0.2, 0.25) is 9.84 Å². The molecule has 0 amide bonds. The Balaban J connectivity index is 2.18. The zero-order valence-electron chi connectivity index (χ0n) is 12.6. The summed E-state index contributed by atoms with van der Waals surface area (Å²) in [4.78, 5) is 3.91. The fourth-order valence-corrected chi connectivity index (χ4v) is 9.37. The minimum Gasteiger partial charge on any atom is -0.218 e. The maximum Gasteiger partial charge on any atom is 0.208 e. The highest BCUT2D eigenvalue weighted by atomic mass is 32.3. The molecule has 1 aliphatic rings. The van der Waals surface area contributed by atoms with Crippen molar-refractivity contribution in [3.63, 3.8) is 0 Å². The Hall–Kier alpha value is -2.04. The van der Waals surface area contributed by atoms with E-state index in [4.69, 9.17) is 0 Å². The van der Waals surface area contributed by atoms with E-state index in [-0.39, 0.29) is 0 Å². The normalized spacial score (nSPS) is 18.5. The molecule has 4 rings (SSSR count). The van der Waals surface area contributed by atoms with Gasteiger partial charge >= 0.3 is 0 Å². The van der Waals surface area contributed by atoms with Crippen molar-refractivity contribution in [2.75, 3.05) is 6.26 Å². The van der Waals surface area contributed by atoms with Crippen molar-refractivity contribution >= 4 is 19.9 Å². The first kappa shape index (κ1) is 14.5. The Bertz CT molecular complexity index is 939. The predicted molar refractivity (Wildman–Crippen MR) is 93.1 cm³/mol. The monoisotopic (exact) mass is 340 g/mol. The van der Waals surface area contributed by atoms with Gasteiger partial charge in [0, 0.05) is 9.79 Å². The van der Waals surface area contributed by atoms with Gasteiger partial charge in [-0.05, 0) is 47.5 Å². The van der Waals surface area contributed by atoms with E-state index in [9.17, 15) is 8.42 Å². The molecule has 0 N–H and O–H groups in total. The summed E-state index contributed by atoms with van der Waals surface area (Å²) in [5.41, 5.74) is 0. The van der Waals surface area contributed by atoms with Crippen molar-refractivity contribution in [3.05, 3.63) is 78.9 Å². The van der Waals surface area contributed by atoms with E-state index in [1.165, 1.54) is 4.90 Å². The second kappa shape index (κ2) is 4.98. The largest absolute Gasteiger partial charge is 0.218 e. The quantitative estimate of drug-likeness (QED) is 0.641. The number of benzene rings is 3. The van der Waals surface area contributed by atoms with Crippen molar-refractivity contribution in [2.24, 2.45) is 0 Å². The van der Waals surface area contributed by atoms with Crippen LogP contribution in [0.5, 0.6) is 0 Å². The number of rotatable bonds is 1. The smallest absolute Gasteiger partial charge is 0.208 e. The summed E-state index contributed by atoms with van der Waals surface area (Å²) in [6, 6.07) is 25.1. The first-order chi connectivity index (χ1) is 11.1. The van der Waals surface area contributed by atoms with E-state index in [2.05, 4.69) is 18.4 Å². The molecule has 0 saturated heterocycles. The summed E-state index contributed by atoms with van der Waals surface area (Å²) in [6.45, 7) is 0. The Morgan fingerprint density at radius 2 is 0.957 bits per heavy atom. The lowest BCUT2D eigenvalue weighted by Gasteiger charge is -2.42. The van der Waals surface area contributed by atoms with Crippen molar-refractivity contribution < 1.29 is 8.42 Å². The highest BCUT2D eigenvalue weighted by molar-refractivity contribution is 8.33. The number of hydrogen-bond acceptors (Lipinski definition) is 2. The van der Waals surface area contributed by atoms with Gasteiger partial charge in [0.05, 0.1) is 9.79 Å². The number of sulfone groups is 1. The molecule has 0 unspecified atom stereocenters. The minimum absolute atomic E-state index is 0.444. The first-order valence-corrected chi connectivity index (χ1v) is 10.9. The molecule has 0 spiro atoms.